The Hall–Kier alpha value is -0.260. The van der Waals surface area contributed by atoms with Crippen molar-refractivity contribution in [1.29, 1.82) is 0 Å². The SMILES string of the molecule is CC1CN(c2nc(C(C)C)c(CN)s2)CCS1. The van der Waals surface area contributed by atoms with Gasteiger partial charge in [-0.05, 0) is 5.92 Å². The van der Waals surface area contributed by atoms with Crippen molar-refractivity contribution in [3.63, 3.8) is 0 Å². The van der Waals surface area contributed by atoms with Crippen LogP contribution in [0.1, 0.15) is 37.3 Å². The van der Waals surface area contributed by atoms with Gasteiger partial charge in [0.25, 0.3) is 0 Å². The van der Waals surface area contributed by atoms with Crippen molar-refractivity contribution in [3.05, 3.63) is 10.6 Å². The van der Waals surface area contributed by atoms with Crippen molar-refractivity contribution in [2.75, 3.05) is 23.7 Å². The molecule has 1 atom stereocenters. The lowest BCUT2D eigenvalue weighted by molar-refractivity contribution is 0.764. The monoisotopic (exact) mass is 271 g/mol. The fourth-order valence-corrected chi connectivity index (χ4v) is 4.22. The highest BCUT2D eigenvalue weighted by atomic mass is 32.2. The topological polar surface area (TPSA) is 42.2 Å². The molecule has 2 N–H and O–H groups in total. The number of thiazole rings is 1. The molecule has 0 amide bonds. The zero-order valence-corrected chi connectivity index (χ0v) is 12.4. The second-order valence-corrected chi connectivity index (χ2v) is 7.40. The highest BCUT2D eigenvalue weighted by Crippen LogP contribution is 2.32. The van der Waals surface area contributed by atoms with E-state index in [4.69, 9.17) is 10.7 Å². The number of nitrogens with two attached hydrogens (primary N) is 1. The summed E-state index contributed by atoms with van der Waals surface area (Å²) in [6.45, 7) is 9.50. The van der Waals surface area contributed by atoms with Crippen LogP contribution in [0, 0.1) is 0 Å². The first kappa shape index (κ1) is 13.2. The van der Waals surface area contributed by atoms with Gasteiger partial charge in [0, 0.05) is 35.5 Å². The molecule has 0 aromatic carbocycles. The highest BCUT2D eigenvalue weighted by molar-refractivity contribution is 8.00. The molecule has 96 valence electrons. The molecule has 0 aliphatic carbocycles. The first-order valence-electron chi connectivity index (χ1n) is 6.18. The summed E-state index contributed by atoms with van der Waals surface area (Å²) in [6, 6.07) is 0. The number of rotatable bonds is 3. The van der Waals surface area contributed by atoms with E-state index < -0.39 is 0 Å². The van der Waals surface area contributed by atoms with Crippen LogP contribution in [0.25, 0.3) is 0 Å². The Balaban J connectivity index is 2.20. The molecule has 1 unspecified atom stereocenters. The summed E-state index contributed by atoms with van der Waals surface area (Å²) in [7, 11) is 0. The van der Waals surface area contributed by atoms with Gasteiger partial charge in [0.2, 0.25) is 0 Å². The van der Waals surface area contributed by atoms with E-state index in [1.54, 1.807) is 11.3 Å². The number of hydrogen-bond donors (Lipinski definition) is 1. The van der Waals surface area contributed by atoms with E-state index in [1.807, 2.05) is 0 Å². The van der Waals surface area contributed by atoms with Gasteiger partial charge in [-0.3, -0.25) is 0 Å². The largest absolute Gasteiger partial charge is 0.346 e. The molecular formula is C12H21N3S2. The van der Waals surface area contributed by atoms with Gasteiger partial charge in [0.05, 0.1) is 5.69 Å². The Labute approximate surface area is 112 Å². The van der Waals surface area contributed by atoms with Crippen molar-refractivity contribution in [3.8, 4) is 0 Å². The normalized spacial score (nSPS) is 21.2. The Morgan fingerprint density at radius 3 is 2.82 bits per heavy atom. The Kier molecular flexibility index (Phi) is 4.33. The number of nitrogens with zero attached hydrogens (tertiary/aromatic N) is 2. The van der Waals surface area contributed by atoms with Crippen molar-refractivity contribution in [2.24, 2.45) is 5.73 Å². The molecule has 5 heteroatoms. The van der Waals surface area contributed by atoms with Crippen molar-refractivity contribution in [1.82, 2.24) is 4.98 Å². The van der Waals surface area contributed by atoms with Crippen molar-refractivity contribution < 1.29 is 0 Å². The molecule has 17 heavy (non-hydrogen) atoms. The fourth-order valence-electron chi connectivity index (χ4n) is 2.08. The van der Waals surface area contributed by atoms with E-state index >= 15 is 0 Å². The van der Waals surface area contributed by atoms with E-state index in [1.165, 1.54) is 21.5 Å². The van der Waals surface area contributed by atoms with Gasteiger partial charge in [0.1, 0.15) is 0 Å². The zero-order chi connectivity index (χ0) is 12.4. The second kappa shape index (κ2) is 5.59. The molecule has 1 saturated heterocycles. The van der Waals surface area contributed by atoms with E-state index in [2.05, 4.69) is 37.4 Å². The summed E-state index contributed by atoms with van der Waals surface area (Å²) in [6.07, 6.45) is 0. The fraction of sp³-hybridized carbons (Fsp3) is 0.750. The molecule has 2 rings (SSSR count). The van der Waals surface area contributed by atoms with Gasteiger partial charge >= 0.3 is 0 Å². The lowest BCUT2D eigenvalue weighted by atomic mass is 10.1. The average molecular weight is 271 g/mol. The lowest BCUT2D eigenvalue weighted by Gasteiger charge is -2.30. The molecule has 0 bridgehead atoms. The summed E-state index contributed by atoms with van der Waals surface area (Å²) >= 11 is 3.83. The standard InChI is InChI=1S/C12H21N3S2/c1-8(2)11-10(6-13)17-12(14-11)15-4-5-16-9(3)7-15/h8-9H,4-7,13H2,1-3H3. The van der Waals surface area contributed by atoms with Crippen LogP contribution in [-0.2, 0) is 6.54 Å². The third-order valence-electron chi connectivity index (χ3n) is 2.96. The van der Waals surface area contributed by atoms with Gasteiger partial charge in [-0.25, -0.2) is 4.98 Å². The zero-order valence-electron chi connectivity index (χ0n) is 10.8. The van der Waals surface area contributed by atoms with Crippen LogP contribution in [0.4, 0.5) is 5.13 Å². The maximum absolute atomic E-state index is 5.81. The number of anilines is 1. The smallest absolute Gasteiger partial charge is 0.185 e. The van der Waals surface area contributed by atoms with Gasteiger partial charge in [-0.1, -0.05) is 20.8 Å². The average Bonchev–Trinajstić information content (AvgIpc) is 2.73. The number of thioether (sulfide) groups is 1. The summed E-state index contributed by atoms with van der Waals surface area (Å²) < 4.78 is 0. The van der Waals surface area contributed by atoms with Crippen molar-refractivity contribution >= 4 is 28.2 Å². The maximum atomic E-state index is 5.81. The molecular weight excluding hydrogens is 250 g/mol. The van der Waals surface area contributed by atoms with Crippen LogP contribution in [-0.4, -0.2) is 29.1 Å². The van der Waals surface area contributed by atoms with Gasteiger partial charge in [-0.2, -0.15) is 11.8 Å². The minimum Gasteiger partial charge on any atom is -0.346 e. The highest BCUT2D eigenvalue weighted by Gasteiger charge is 2.22. The molecule has 1 fully saturated rings. The Bertz CT molecular complexity index is 376. The molecule has 1 aromatic rings. The van der Waals surface area contributed by atoms with Gasteiger partial charge in [0.15, 0.2) is 5.13 Å². The minimum atomic E-state index is 0.468. The molecule has 1 aliphatic heterocycles. The van der Waals surface area contributed by atoms with Crippen LogP contribution < -0.4 is 10.6 Å². The van der Waals surface area contributed by atoms with Crippen LogP contribution in [0.15, 0.2) is 0 Å². The van der Waals surface area contributed by atoms with Crippen molar-refractivity contribution in [2.45, 2.75) is 38.5 Å². The minimum absolute atomic E-state index is 0.468. The molecule has 2 heterocycles. The van der Waals surface area contributed by atoms with Crippen LogP contribution in [0.3, 0.4) is 0 Å². The summed E-state index contributed by atoms with van der Waals surface area (Å²) in [5.74, 6) is 1.67. The van der Waals surface area contributed by atoms with Crippen LogP contribution in [0.2, 0.25) is 0 Å². The first-order valence-corrected chi connectivity index (χ1v) is 8.04. The molecule has 0 radical (unpaired) electrons. The molecule has 0 saturated carbocycles. The predicted molar refractivity (Wildman–Crippen MR) is 78.2 cm³/mol. The summed E-state index contributed by atoms with van der Waals surface area (Å²) in [5, 5.41) is 1.87. The Morgan fingerprint density at radius 2 is 2.29 bits per heavy atom. The second-order valence-electron chi connectivity index (χ2n) is 4.79. The van der Waals surface area contributed by atoms with Crippen LogP contribution >= 0.6 is 23.1 Å². The quantitative estimate of drug-likeness (QED) is 0.918. The molecule has 1 aliphatic rings. The first-order chi connectivity index (χ1) is 8.11. The Morgan fingerprint density at radius 1 is 1.53 bits per heavy atom. The number of aromatic nitrogens is 1. The third kappa shape index (κ3) is 2.95. The molecule has 3 nitrogen and oxygen atoms in total. The molecule has 0 spiro atoms. The summed E-state index contributed by atoms with van der Waals surface area (Å²) in [4.78, 5) is 8.46. The predicted octanol–water partition coefficient (Wildman–Crippen LogP) is 2.67. The van der Waals surface area contributed by atoms with Crippen LogP contribution in [0.5, 0.6) is 0 Å². The molecule has 1 aromatic heterocycles. The van der Waals surface area contributed by atoms with E-state index in [0.29, 0.717) is 17.7 Å². The number of hydrogen-bond acceptors (Lipinski definition) is 5. The van der Waals surface area contributed by atoms with E-state index in [9.17, 15) is 0 Å². The summed E-state index contributed by atoms with van der Waals surface area (Å²) in [5.41, 5.74) is 7.00. The third-order valence-corrected chi connectivity index (χ3v) is 5.25. The van der Waals surface area contributed by atoms with Gasteiger partial charge < -0.3 is 10.6 Å². The van der Waals surface area contributed by atoms with Gasteiger partial charge in [-0.15, -0.1) is 11.3 Å². The lowest BCUT2D eigenvalue weighted by Crippen LogP contribution is -2.36. The maximum Gasteiger partial charge on any atom is 0.185 e. The van der Waals surface area contributed by atoms with E-state index in [-0.39, 0.29) is 0 Å². The van der Waals surface area contributed by atoms with E-state index in [0.717, 1.165) is 13.1 Å².